The molecule has 0 aromatic carbocycles. The molecule has 0 aromatic heterocycles. The lowest BCUT2D eigenvalue weighted by Crippen LogP contribution is -2.57. The molecule has 2 heterocycles. The summed E-state index contributed by atoms with van der Waals surface area (Å²) in [5, 5.41) is 0.374. The van der Waals surface area contributed by atoms with Crippen molar-refractivity contribution < 1.29 is 4.79 Å². The number of rotatable bonds is 1. The number of carbonyl (C=O) groups is 1. The Kier molecular flexibility index (Phi) is 2.70. The Morgan fingerprint density at radius 3 is 2.93 bits per heavy atom. The van der Waals surface area contributed by atoms with Crippen LogP contribution >= 0.6 is 23.5 Å². The number of halogens is 1. The Morgan fingerprint density at radius 1 is 1.57 bits per heavy atom. The van der Waals surface area contributed by atoms with Gasteiger partial charge in [0.1, 0.15) is 6.04 Å². The first-order valence-corrected chi connectivity index (χ1v) is 6.30. The Hall–Kier alpha value is 0.0700. The third-order valence-corrected chi connectivity index (χ3v) is 4.91. The molecular weight excluding hydrogens is 220 g/mol. The summed E-state index contributed by atoms with van der Waals surface area (Å²) in [6, 6.07) is -0.189. The van der Waals surface area contributed by atoms with E-state index in [0.717, 1.165) is 18.6 Å². The van der Waals surface area contributed by atoms with Gasteiger partial charge in [0.05, 0.1) is 5.37 Å². The number of amides is 1. The van der Waals surface area contributed by atoms with Crippen molar-refractivity contribution in [2.45, 2.75) is 43.6 Å². The molecule has 2 saturated heterocycles. The van der Waals surface area contributed by atoms with E-state index in [1.807, 2.05) is 16.7 Å². The summed E-state index contributed by atoms with van der Waals surface area (Å²) in [6.07, 6.45) is 1.90. The highest BCUT2D eigenvalue weighted by Gasteiger charge is 2.47. The number of carbonyl (C=O) groups excluding carboxylic acids is 1. The van der Waals surface area contributed by atoms with Gasteiger partial charge < -0.3 is 4.90 Å². The Labute approximate surface area is 93.7 Å². The van der Waals surface area contributed by atoms with Crippen LogP contribution in [0.3, 0.4) is 0 Å². The highest BCUT2D eigenvalue weighted by Crippen LogP contribution is 2.41. The smallest absolute Gasteiger partial charge is 0.242 e. The van der Waals surface area contributed by atoms with Gasteiger partial charge in [-0.1, -0.05) is 0 Å². The van der Waals surface area contributed by atoms with Crippen molar-refractivity contribution in [1.82, 2.24) is 9.74 Å². The highest BCUT2D eigenvalue weighted by molar-refractivity contribution is 8.00. The minimum absolute atomic E-state index is 0.0151. The fraction of sp³-hybridized carbons (Fsp3) is 0.889. The number of piperidine rings is 1. The third kappa shape index (κ3) is 1.53. The van der Waals surface area contributed by atoms with Crippen LogP contribution in [0.15, 0.2) is 0 Å². The average molecular weight is 235 g/mol. The van der Waals surface area contributed by atoms with Crippen LogP contribution in [0, 0.1) is 0 Å². The van der Waals surface area contributed by atoms with E-state index < -0.39 is 0 Å². The molecule has 2 atom stereocenters. The Morgan fingerprint density at radius 2 is 2.29 bits per heavy atom. The fourth-order valence-corrected chi connectivity index (χ4v) is 3.97. The highest BCUT2D eigenvalue weighted by atomic mass is 35.5. The second kappa shape index (κ2) is 3.58. The number of nitrogens with one attached hydrogen (secondary N) is 1. The van der Waals surface area contributed by atoms with E-state index in [4.69, 9.17) is 11.8 Å². The monoisotopic (exact) mass is 234 g/mol. The predicted octanol–water partition coefficient (Wildman–Crippen LogP) is 1.57. The molecule has 2 aliphatic heterocycles. The molecule has 1 N–H and O–H groups in total. The molecule has 2 fully saturated rings. The number of nitrogens with zero attached hydrogens (tertiary/aromatic N) is 1. The van der Waals surface area contributed by atoms with E-state index in [1.165, 1.54) is 0 Å². The number of fused-ring (bicyclic) bond motifs is 1. The van der Waals surface area contributed by atoms with Crippen LogP contribution in [-0.2, 0) is 4.79 Å². The molecule has 1 amide bonds. The van der Waals surface area contributed by atoms with E-state index >= 15 is 0 Å². The molecule has 0 saturated carbocycles. The van der Waals surface area contributed by atoms with Crippen molar-refractivity contribution in [3.05, 3.63) is 0 Å². The predicted molar refractivity (Wildman–Crippen MR) is 59.2 cm³/mol. The van der Waals surface area contributed by atoms with Crippen LogP contribution in [0.25, 0.3) is 0 Å². The van der Waals surface area contributed by atoms with Crippen LogP contribution in [0.1, 0.15) is 26.7 Å². The minimum atomic E-state index is -0.189. The number of hydrogen-bond acceptors (Lipinski definition) is 3. The average Bonchev–Trinajstić information content (AvgIpc) is 2.43. The molecule has 2 unspecified atom stereocenters. The first kappa shape index (κ1) is 10.6. The van der Waals surface area contributed by atoms with Crippen LogP contribution in [0.5, 0.6) is 0 Å². The van der Waals surface area contributed by atoms with E-state index in [0.29, 0.717) is 5.37 Å². The maximum absolute atomic E-state index is 12.0. The summed E-state index contributed by atoms with van der Waals surface area (Å²) in [6.45, 7) is 4.24. The third-order valence-electron chi connectivity index (χ3n) is 2.94. The maximum atomic E-state index is 12.0. The zero-order chi connectivity index (χ0) is 10.3. The summed E-state index contributed by atoms with van der Waals surface area (Å²) >= 11 is 7.44. The second-order valence-electron chi connectivity index (χ2n) is 4.53. The van der Waals surface area contributed by atoms with Crippen molar-refractivity contribution in [1.29, 1.82) is 0 Å². The van der Waals surface area contributed by atoms with Gasteiger partial charge in [0, 0.05) is 11.3 Å². The summed E-state index contributed by atoms with van der Waals surface area (Å²) in [7, 11) is 0. The second-order valence-corrected chi connectivity index (χ2v) is 5.91. The molecule has 2 rings (SSSR count). The molecular formula is C9H15ClN2OS. The summed E-state index contributed by atoms with van der Waals surface area (Å²) in [5.74, 6) is 1.18. The van der Waals surface area contributed by atoms with Crippen molar-refractivity contribution in [3.8, 4) is 0 Å². The van der Waals surface area contributed by atoms with Gasteiger partial charge in [-0.3, -0.25) is 4.79 Å². The molecule has 0 aromatic rings. The van der Waals surface area contributed by atoms with E-state index in [9.17, 15) is 4.79 Å². The lowest BCUT2D eigenvalue weighted by atomic mass is 9.98. The Balaban J connectivity index is 2.21. The number of hydrogen-bond donors (Lipinski definition) is 1. The molecule has 0 spiro atoms. The fourth-order valence-electron chi connectivity index (χ4n) is 2.19. The van der Waals surface area contributed by atoms with Crippen LogP contribution < -0.4 is 4.84 Å². The summed E-state index contributed by atoms with van der Waals surface area (Å²) in [5.41, 5.74) is -0.0151. The molecule has 0 bridgehead atoms. The van der Waals surface area contributed by atoms with Gasteiger partial charge in [-0.25, -0.2) is 4.84 Å². The quantitative estimate of drug-likeness (QED) is 0.700. The largest absolute Gasteiger partial charge is 0.323 e. The first-order valence-electron chi connectivity index (χ1n) is 4.87. The molecule has 0 radical (unpaired) electrons. The number of thioether (sulfide) groups is 1. The van der Waals surface area contributed by atoms with E-state index in [1.54, 1.807) is 0 Å². The van der Waals surface area contributed by atoms with Crippen molar-refractivity contribution >= 4 is 29.4 Å². The standard InChI is InChI=1S/C9H15ClN2OS/c1-9(2)5-14-7-4-3-6(11-10)8(13)12(7)9/h6-7,11H,3-5H2,1-2H3. The lowest BCUT2D eigenvalue weighted by Gasteiger charge is -2.40. The van der Waals surface area contributed by atoms with Gasteiger partial charge in [0.15, 0.2) is 0 Å². The van der Waals surface area contributed by atoms with Gasteiger partial charge in [0.25, 0.3) is 0 Å². The van der Waals surface area contributed by atoms with Gasteiger partial charge >= 0.3 is 0 Å². The maximum Gasteiger partial charge on any atom is 0.242 e. The van der Waals surface area contributed by atoms with Crippen molar-refractivity contribution in [2.75, 3.05) is 5.75 Å². The normalized spacial score (nSPS) is 35.9. The minimum Gasteiger partial charge on any atom is -0.323 e. The molecule has 2 aliphatic rings. The van der Waals surface area contributed by atoms with Gasteiger partial charge in [-0.2, -0.15) is 0 Å². The van der Waals surface area contributed by atoms with E-state index in [2.05, 4.69) is 18.7 Å². The first-order chi connectivity index (χ1) is 6.56. The Bertz CT molecular complexity index is 259. The van der Waals surface area contributed by atoms with Crippen LogP contribution in [0.4, 0.5) is 0 Å². The molecule has 80 valence electrons. The van der Waals surface area contributed by atoms with Crippen LogP contribution in [-0.4, -0.2) is 33.5 Å². The SMILES string of the molecule is CC1(C)CSC2CCC(NCl)C(=O)N21. The zero-order valence-electron chi connectivity index (χ0n) is 8.42. The van der Waals surface area contributed by atoms with Crippen molar-refractivity contribution in [3.63, 3.8) is 0 Å². The topological polar surface area (TPSA) is 32.3 Å². The molecule has 0 aliphatic carbocycles. The zero-order valence-corrected chi connectivity index (χ0v) is 9.99. The van der Waals surface area contributed by atoms with Crippen LogP contribution in [0.2, 0.25) is 0 Å². The van der Waals surface area contributed by atoms with Crippen molar-refractivity contribution in [2.24, 2.45) is 0 Å². The van der Waals surface area contributed by atoms with Gasteiger partial charge in [-0.15, -0.1) is 11.8 Å². The summed E-state index contributed by atoms with van der Waals surface area (Å²) in [4.78, 5) is 16.6. The summed E-state index contributed by atoms with van der Waals surface area (Å²) < 4.78 is 0. The molecule has 3 nitrogen and oxygen atoms in total. The van der Waals surface area contributed by atoms with E-state index in [-0.39, 0.29) is 17.5 Å². The molecule has 14 heavy (non-hydrogen) atoms. The molecule has 5 heteroatoms. The lowest BCUT2D eigenvalue weighted by molar-refractivity contribution is -0.140. The van der Waals surface area contributed by atoms with Gasteiger partial charge in [0.2, 0.25) is 5.91 Å². The van der Waals surface area contributed by atoms with Gasteiger partial charge in [-0.05, 0) is 38.5 Å².